The number of hydrogen-bond donors (Lipinski definition) is 1. The van der Waals surface area contributed by atoms with Crippen LogP contribution in [0.5, 0.6) is 5.75 Å². The largest absolute Gasteiger partial charge is 0.488 e. The zero-order chi connectivity index (χ0) is 18.9. The SMILES string of the molecule is C=CCOc1ccc(C=C(C#N)C(=O)Nc2ccc(CC)cc2)cc1I. The van der Waals surface area contributed by atoms with Gasteiger partial charge in [0.25, 0.3) is 5.91 Å². The summed E-state index contributed by atoms with van der Waals surface area (Å²) in [6.07, 6.45) is 4.17. The summed E-state index contributed by atoms with van der Waals surface area (Å²) in [5.74, 6) is 0.306. The third kappa shape index (κ3) is 5.46. The first-order valence-corrected chi connectivity index (χ1v) is 9.20. The molecule has 5 heteroatoms. The molecule has 0 saturated carbocycles. The molecule has 0 spiro atoms. The van der Waals surface area contributed by atoms with E-state index in [2.05, 4.69) is 41.4 Å². The highest BCUT2D eigenvalue weighted by molar-refractivity contribution is 14.1. The summed E-state index contributed by atoms with van der Waals surface area (Å²) in [6.45, 7) is 6.11. The van der Waals surface area contributed by atoms with Crippen molar-refractivity contribution in [3.05, 3.63) is 75.4 Å². The lowest BCUT2D eigenvalue weighted by Crippen LogP contribution is -2.13. The standard InChI is InChI=1S/C21H19IN2O2/c1-3-11-26-20-10-7-16(13-19(20)22)12-17(14-23)21(25)24-18-8-5-15(4-2)6-9-18/h3,5-10,12-13H,1,4,11H2,2H3,(H,24,25). The summed E-state index contributed by atoms with van der Waals surface area (Å²) in [5, 5.41) is 12.1. The second kappa shape index (κ2) is 9.78. The molecule has 0 bridgehead atoms. The summed E-state index contributed by atoms with van der Waals surface area (Å²) in [6, 6.07) is 15.0. The van der Waals surface area contributed by atoms with Gasteiger partial charge in [0, 0.05) is 5.69 Å². The summed E-state index contributed by atoms with van der Waals surface area (Å²) in [7, 11) is 0. The maximum atomic E-state index is 12.4. The summed E-state index contributed by atoms with van der Waals surface area (Å²) in [4.78, 5) is 12.4. The molecule has 0 radical (unpaired) electrons. The van der Waals surface area contributed by atoms with Crippen molar-refractivity contribution in [1.29, 1.82) is 5.26 Å². The van der Waals surface area contributed by atoms with Gasteiger partial charge in [-0.25, -0.2) is 0 Å². The number of benzene rings is 2. The molecular weight excluding hydrogens is 439 g/mol. The number of rotatable bonds is 7. The van der Waals surface area contributed by atoms with Crippen LogP contribution in [0.25, 0.3) is 6.08 Å². The number of nitriles is 1. The van der Waals surface area contributed by atoms with Gasteiger partial charge in [-0.1, -0.05) is 37.8 Å². The maximum absolute atomic E-state index is 12.4. The van der Waals surface area contributed by atoms with Crippen LogP contribution in [0.2, 0.25) is 0 Å². The number of nitrogens with zero attached hydrogens (tertiary/aromatic N) is 1. The van der Waals surface area contributed by atoms with Crippen molar-refractivity contribution in [3.63, 3.8) is 0 Å². The number of nitrogens with one attached hydrogen (secondary N) is 1. The van der Waals surface area contributed by atoms with E-state index in [9.17, 15) is 10.1 Å². The molecule has 1 amide bonds. The third-order valence-electron chi connectivity index (χ3n) is 3.61. The zero-order valence-electron chi connectivity index (χ0n) is 14.5. The van der Waals surface area contributed by atoms with E-state index in [-0.39, 0.29) is 5.57 Å². The van der Waals surface area contributed by atoms with Crippen molar-refractivity contribution in [2.75, 3.05) is 11.9 Å². The van der Waals surface area contributed by atoms with Gasteiger partial charge >= 0.3 is 0 Å². The Bertz CT molecular complexity index is 865. The molecule has 0 aromatic heterocycles. The Balaban J connectivity index is 2.15. The molecule has 2 rings (SSSR count). The second-order valence-electron chi connectivity index (χ2n) is 5.46. The fourth-order valence-electron chi connectivity index (χ4n) is 2.21. The van der Waals surface area contributed by atoms with Crippen LogP contribution in [-0.4, -0.2) is 12.5 Å². The predicted octanol–water partition coefficient (Wildman–Crippen LogP) is 4.96. The predicted molar refractivity (Wildman–Crippen MR) is 113 cm³/mol. The van der Waals surface area contributed by atoms with E-state index < -0.39 is 5.91 Å². The van der Waals surface area contributed by atoms with Gasteiger partial charge in [-0.15, -0.1) is 0 Å². The minimum atomic E-state index is -0.432. The van der Waals surface area contributed by atoms with Crippen molar-refractivity contribution in [3.8, 4) is 11.8 Å². The fraction of sp³-hybridized carbons (Fsp3) is 0.143. The molecule has 2 aromatic carbocycles. The minimum Gasteiger partial charge on any atom is -0.488 e. The second-order valence-corrected chi connectivity index (χ2v) is 6.63. The van der Waals surface area contributed by atoms with Gasteiger partial charge in [0.05, 0.1) is 3.57 Å². The number of ether oxygens (including phenoxy) is 1. The molecule has 1 N–H and O–H groups in total. The van der Waals surface area contributed by atoms with Crippen LogP contribution >= 0.6 is 22.6 Å². The molecule has 0 aliphatic carbocycles. The Hall–Kier alpha value is -2.59. The van der Waals surface area contributed by atoms with Crippen LogP contribution in [0.3, 0.4) is 0 Å². The lowest BCUT2D eigenvalue weighted by atomic mass is 10.1. The van der Waals surface area contributed by atoms with Crippen molar-refractivity contribution in [2.45, 2.75) is 13.3 Å². The average Bonchev–Trinajstić information content (AvgIpc) is 2.66. The minimum absolute atomic E-state index is 0.0418. The molecule has 0 aliphatic heterocycles. The smallest absolute Gasteiger partial charge is 0.266 e. The molecule has 0 saturated heterocycles. The topological polar surface area (TPSA) is 62.1 Å². The molecule has 0 unspecified atom stereocenters. The highest BCUT2D eigenvalue weighted by atomic mass is 127. The van der Waals surface area contributed by atoms with Gasteiger partial charge in [-0.3, -0.25) is 4.79 Å². The third-order valence-corrected chi connectivity index (χ3v) is 4.45. The number of amides is 1. The van der Waals surface area contributed by atoms with Crippen LogP contribution < -0.4 is 10.1 Å². The van der Waals surface area contributed by atoms with Gasteiger partial charge in [0.15, 0.2) is 0 Å². The highest BCUT2D eigenvalue weighted by Crippen LogP contribution is 2.23. The van der Waals surface area contributed by atoms with Crippen molar-refractivity contribution < 1.29 is 9.53 Å². The number of carbonyl (C=O) groups excluding carboxylic acids is 1. The van der Waals surface area contributed by atoms with Crippen LogP contribution in [0, 0.1) is 14.9 Å². The van der Waals surface area contributed by atoms with Crippen molar-refractivity contribution in [1.82, 2.24) is 0 Å². The molecule has 0 aliphatic rings. The lowest BCUT2D eigenvalue weighted by Gasteiger charge is -2.07. The number of aryl methyl sites for hydroxylation is 1. The first-order chi connectivity index (χ1) is 12.6. The van der Waals surface area contributed by atoms with Crippen LogP contribution in [0.1, 0.15) is 18.1 Å². The van der Waals surface area contributed by atoms with Gasteiger partial charge in [-0.2, -0.15) is 5.26 Å². The normalized spacial score (nSPS) is 10.7. The number of hydrogen-bond acceptors (Lipinski definition) is 3. The number of carbonyl (C=O) groups is 1. The first kappa shape index (κ1) is 19.7. The van der Waals surface area contributed by atoms with Crippen LogP contribution in [0.15, 0.2) is 60.7 Å². The fourth-order valence-corrected chi connectivity index (χ4v) is 2.91. The summed E-state index contributed by atoms with van der Waals surface area (Å²) in [5.41, 5.74) is 2.65. The molecule has 132 valence electrons. The summed E-state index contributed by atoms with van der Waals surface area (Å²) < 4.78 is 6.42. The van der Waals surface area contributed by atoms with Gasteiger partial charge in [-0.05, 0) is 70.5 Å². The monoisotopic (exact) mass is 458 g/mol. The zero-order valence-corrected chi connectivity index (χ0v) is 16.6. The van der Waals surface area contributed by atoms with Gasteiger partial charge in [0.1, 0.15) is 24.0 Å². The average molecular weight is 458 g/mol. The van der Waals surface area contributed by atoms with E-state index in [4.69, 9.17) is 4.74 Å². The van der Waals surface area contributed by atoms with Crippen molar-refractivity contribution >= 4 is 40.3 Å². The van der Waals surface area contributed by atoms with E-state index in [1.807, 2.05) is 42.5 Å². The maximum Gasteiger partial charge on any atom is 0.266 e. The lowest BCUT2D eigenvalue weighted by molar-refractivity contribution is -0.112. The molecular formula is C21H19IN2O2. The van der Waals surface area contributed by atoms with E-state index >= 15 is 0 Å². The first-order valence-electron chi connectivity index (χ1n) is 8.12. The number of halogens is 1. The Morgan fingerprint density at radius 3 is 2.62 bits per heavy atom. The Morgan fingerprint density at radius 2 is 2.04 bits per heavy atom. The van der Waals surface area contributed by atoms with E-state index in [1.54, 1.807) is 18.2 Å². The highest BCUT2D eigenvalue weighted by Gasteiger charge is 2.10. The Morgan fingerprint density at radius 1 is 1.31 bits per heavy atom. The Labute approximate surface area is 167 Å². The molecule has 2 aromatic rings. The van der Waals surface area contributed by atoms with E-state index in [0.717, 1.165) is 21.3 Å². The molecule has 0 fully saturated rings. The molecule has 4 nitrogen and oxygen atoms in total. The van der Waals surface area contributed by atoms with E-state index in [0.29, 0.717) is 12.3 Å². The number of anilines is 1. The molecule has 0 heterocycles. The van der Waals surface area contributed by atoms with Crippen LogP contribution in [-0.2, 0) is 11.2 Å². The summed E-state index contributed by atoms with van der Waals surface area (Å²) >= 11 is 2.16. The molecule has 0 atom stereocenters. The van der Waals surface area contributed by atoms with Gasteiger partial charge < -0.3 is 10.1 Å². The molecule has 26 heavy (non-hydrogen) atoms. The van der Waals surface area contributed by atoms with Gasteiger partial charge in [0.2, 0.25) is 0 Å². The van der Waals surface area contributed by atoms with Crippen molar-refractivity contribution in [2.24, 2.45) is 0 Å². The van der Waals surface area contributed by atoms with E-state index in [1.165, 1.54) is 5.56 Å². The van der Waals surface area contributed by atoms with Crippen LogP contribution in [0.4, 0.5) is 5.69 Å². The quantitative estimate of drug-likeness (QED) is 0.276. The Kier molecular flexibility index (Phi) is 7.42.